The van der Waals surface area contributed by atoms with Gasteiger partial charge in [0.05, 0.1) is 36.4 Å². The zero-order valence-electron chi connectivity index (χ0n) is 29.4. The zero-order valence-corrected chi connectivity index (χ0v) is 30.1. The molecule has 12 heteroatoms. The second kappa shape index (κ2) is 17.0. The molecule has 0 radical (unpaired) electrons. The molecule has 2 N–H and O–H groups in total. The number of carbonyl (C=O) groups is 2. The molecule has 1 aromatic heterocycles. The summed E-state index contributed by atoms with van der Waals surface area (Å²) in [7, 11) is 0. The van der Waals surface area contributed by atoms with Crippen molar-refractivity contribution in [2.75, 3.05) is 39.3 Å². The van der Waals surface area contributed by atoms with E-state index < -0.39 is 0 Å². The van der Waals surface area contributed by atoms with E-state index in [-0.39, 0.29) is 50.8 Å². The number of β-amino-alcohol motifs (C(OH)–C–C–N with tert-alkyl or cyclic N) is 1. The third-order valence-electron chi connectivity index (χ3n) is 9.37. The molecule has 270 valence electrons. The Balaban J connectivity index is 1.17. The van der Waals surface area contributed by atoms with Crippen LogP contribution < -0.4 is 19.5 Å². The third kappa shape index (κ3) is 9.26. The van der Waals surface area contributed by atoms with Crippen LogP contribution in [0.3, 0.4) is 0 Å². The number of nitriles is 1. The van der Waals surface area contributed by atoms with Gasteiger partial charge in [-0.2, -0.15) is 5.26 Å². The van der Waals surface area contributed by atoms with Gasteiger partial charge in [0.1, 0.15) is 36.5 Å². The minimum Gasteiger partial charge on any atom is -0.493 e. The first-order valence-electron chi connectivity index (χ1n) is 17.4. The fraction of sp³-hybridized carbons (Fsp3) is 0.350. The van der Waals surface area contributed by atoms with Crippen LogP contribution in [-0.2, 0) is 29.3 Å². The lowest BCUT2D eigenvalue weighted by Crippen LogP contribution is -2.50. The average Bonchev–Trinajstić information content (AvgIpc) is 3.54. The van der Waals surface area contributed by atoms with E-state index in [0.29, 0.717) is 39.8 Å². The Labute approximate surface area is 308 Å². The number of aliphatic hydroxyl groups is 1. The lowest BCUT2D eigenvalue weighted by molar-refractivity contribution is -0.136. The van der Waals surface area contributed by atoms with E-state index in [4.69, 9.17) is 25.8 Å². The number of amides is 2. The number of rotatable bonds is 14. The molecule has 11 nitrogen and oxygen atoms in total. The Bertz CT molecular complexity index is 1960. The van der Waals surface area contributed by atoms with Gasteiger partial charge in [0.2, 0.25) is 11.8 Å². The fourth-order valence-corrected chi connectivity index (χ4v) is 6.86. The predicted octanol–water partition coefficient (Wildman–Crippen LogP) is 5.34. The standard InChI is InChI=1S/C40H42ClN5O6/c1-26-30(6-3-7-33(26)34-8-4-9-36(27(34)2)50-13-5-11-45-12-10-32(47)21-45)25-52-38-16-37(51-24-29-14-28(17-42)18-43-19-29)31(15-35(38)41)20-46-22-39(48)44-40(49)23-46/h3-4,6-9,14-16,18-19,32,47H,5,10-13,20-25H2,1-2H3,(H,44,48,49). The van der Waals surface area contributed by atoms with Crippen molar-refractivity contribution in [1.82, 2.24) is 20.1 Å². The van der Waals surface area contributed by atoms with Gasteiger partial charge in [-0.05, 0) is 72.7 Å². The van der Waals surface area contributed by atoms with Crippen molar-refractivity contribution in [1.29, 1.82) is 5.26 Å². The minimum atomic E-state index is -0.369. The van der Waals surface area contributed by atoms with Crippen molar-refractivity contribution in [2.45, 2.75) is 52.6 Å². The Morgan fingerprint density at radius 3 is 2.40 bits per heavy atom. The molecule has 2 aliphatic rings. The molecule has 4 aromatic rings. The molecule has 0 aliphatic carbocycles. The molecule has 0 spiro atoms. The highest BCUT2D eigenvalue weighted by Gasteiger charge is 2.25. The van der Waals surface area contributed by atoms with Crippen LogP contribution in [0.5, 0.6) is 17.2 Å². The summed E-state index contributed by atoms with van der Waals surface area (Å²) in [5.41, 5.74) is 7.06. The minimum absolute atomic E-state index is 0.0593. The van der Waals surface area contributed by atoms with E-state index in [9.17, 15) is 20.0 Å². The Morgan fingerprint density at radius 1 is 0.904 bits per heavy atom. The molecule has 2 fully saturated rings. The van der Waals surface area contributed by atoms with E-state index in [1.54, 1.807) is 29.3 Å². The molecule has 2 aliphatic heterocycles. The second-order valence-corrected chi connectivity index (χ2v) is 13.6. The van der Waals surface area contributed by atoms with Crippen LogP contribution in [0, 0.1) is 25.2 Å². The van der Waals surface area contributed by atoms with E-state index >= 15 is 0 Å². The quantitative estimate of drug-likeness (QED) is 0.130. The van der Waals surface area contributed by atoms with Crippen molar-refractivity contribution in [2.24, 2.45) is 0 Å². The number of halogens is 1. The van der Waals surface area contributed by atoms with Crippen LogP contribution in [0.15, 0.2) is 67.0 Å². The maximum Gasteiger partial charge on any atom is 0.240 e. The number of ether oxygens (including phenoxy) is 3. The number of benzene rings is 3. The second-order valence-electron chi connectivity index (χ2n) is 13.2. The molecule has 1 unspecified atom stereocenters. The van der Waals surface area contributed by atoms with Gasteiger partial charge >= 0.3 is 0 Å². The van der Waals surface area contributed by atoms with Crippen LogP contribution in [0.25, 0.3) is 11.1 Å². The molecule has 1 atom stereocenters. The van der Waals surface area contributed by atoms with E-state index in [0.717, 1.165) is 66.0 Å². The maximum absolute atomic E-state index is 12.1. The molecular weight excluding hydrogens is 682 g/mol. The molecular formula is C40H42ClN5O6. The Kier molecular flexibility index (Phi) is 12.0. The summed E-state index contributed by atoms with van der Waals surface area (Å²) in [5.74, 6) is 0.995. The number of piperazine rings is 1. The zero-order chi connectivity index (χ0) is 36.6. The van der Waals surface area contributed by atoms with Crippen LogP contribution in [0.1, 0.15) is 46.2 Å². The summed E-state index contributed by atoms with van der Waals surface area (Å²) in [5, 5.41) is 21.8. The molecule has 0 bridgehead atoms. The van der Waals surface area contributed by atoms with Crippen LogP contribution >= 0.6 is 11.6 Å². The smallest absolute Gasteiger partial charge is 0.240 e. The average molecular weight is 724 g/mol. The summed E-state index contributed by atoms with van der Waals surface area (Å²) >= 11 is 6.78. The summed E-state index contributed by atoms with van der Waals surface area (Å²) in [6.45, 7) is 8.06. The number of aliphatic hydroxyl groups excluding tert-OH is 1. The molecule has 2 amide bonds. The van der Waals surface area contributed by atoms with Gasteiger partial charge in [-0.1, -0.05) is 41.9 Å². The number of carbonyl (C=O) groups excluding carboxylic acids is 2. The van der Waals surface area contributed by atoms with Crippen LogP contribution in [0.2, 0.25) is 5.02 Å². The lowest BCUT2D eigenvalue weighted by atomic mass is 9.93. The SMILES string of the molecule is Cc1c(COc2cc(OCc3cncc(C#N)c3)c(CN3CC(=O)NC(=O)C3)cc2Cl)cccc1-c1cccc(OCCCN2CCC(O)C2)c1C. The Morgan fingerprint density at radius 2 is 1.65 bits per heavy atom. The topological polar surface area (TPSA) is 137 Å². The number of pyridine rings is 1. The summed E-state index contributed by atoms with van der Waals surface area (Å²) < 4.78 is 18.8. The first kappa shape index (κ1) is 36.8. The summed E-state index contributed by atoms with van der Waals surface area (Å²) in [6.07, 6.45) is 4.62. The first-order valence-corrected chi connectivity index (χ1v) is 17.7. The van der Waals surface area contributed by atoms with Gasteiger partial charge in [-0.25, -0.2) is 0 Å². The van der Waals surface area contributed by atoms with Gasteiger partial charge in [0.25, 0.3) is 0 Å². The molecule has 6 rings (SSSR count). The molecule has 2 saturated heterocycles. The number of imide groups is 1. The van der Waals surface area contributed by atoms with Crippen molar-refractivity contribution in [3.8, 4) is 34.4 Å². The largest absolute Gasteiger partial charge is 0.493 e. The van der Waals surface area contributed by atoms with Crippen LogP contribution in [0.4, 0.5) is 0 Å². The highest BCUT2D eigenvalue weighted by Crippen LogP contribution is 2.37. The number of hydrogen-bond acceptors (Lipinski definition) is 10. The summed E-state index contributed by atoms with van der Waals surface area (Å²) in [4.78, 5) is 32.2. The van der Waals surface area contributed by atoms with Crippen LogP contribution in [-0.4, -0.2) is 77.1 Å². The molecule has 52 heavy (non-hydrogen) atoms. The molecule has 0 saturated carbocycles. The van der Waals surface area contributed by atoms with E-state index in [2.05, 4.69) is 47.3 Å². The van der Waals surface area contributed by atoms with Gasteiger partial charge in [-0.15, -0.1) is 0 Å². The number of nitrogens with zero attached hydrogens (tertiary/aromatic N) is 4. The number of aromatic nitrogens is 1. The predicted molar refractivity (Wildman–Crippen MR) is 196 cm³/mol. The fourth-order valence-electron chi connectivity index (χ4n) is 6.62. The third-order valence-corrected chi connectivity index (χ3v) is 9.66. The van der Waals surface area contributed by atoms with Crippen molar-refractivity contribution in [3.05, 3.63) is 105 Å². The Hall–Kier alpha value is -4.99. The number of hydrogen-bond donors (Lipinski definition) is 2. The van der Waals surface area contributed by atoms with Gasteiger partial charge < -0.3 is 24.2 Å². The lowest BCUT2D eigenvalue weighted by Gasteiger charge is -2.26. The van der Waals surface area contributed by atoms with E-state index in [1.165, 1.54) is 6.20 Å². The van der Waals surface area contributed by atoms with Gasteiger partial charge in [0, 0.05) is 55.8 Å². The van der Waals surface area contributed by atoms with Gasteiger partial charge in [0.15, 0.2) is 0 Å². The van der Waals surface area contributed by atoms with E-state index in [1.807, 2.05) is 24.3 Å². The van der Waals surface area contributed by atoms with Gasteiger partial charge in [-0.3, -0.25) is 24.8 Å². The normalized spacial score (nSPS) is 16.4. The van der Waals surface area contributed by atoms with Crippen molar-refractivity contribution < 1.29 is 28.9 Å². The first-order chi connectivity index (χ1) is 25.2. The monoisotopic (exact) mass is 723 g/mol. The number of likely N-dealkylation sites (tertiary alicyclic amines) is 1. The summed E-state index contributed by atoms with van der Waals surface area (Å²) in [6, 6.07) is 19.5. The molecule has 3 aromatic carbocycles. The number of nitrogens with one attached hydrogen (secondary N) is 1. The molecule has 3 heterocycles. The maximum atomic E-state index is 12.1. The highest BCUT2D eigenvalue weighted by atomic mass is 35.5. The van der Waals surface area contributed by atoms with Crippen molar-refractivity contribution >= 4 is 23.4 Å². The van der Waals surface area contributed by atoms with Crippen molar-refractivity contribution in [3.63, 3.8) is 0 Å². The highest BCUT2D eigenvalue weighted by molar-refractivity contribution is 6.32.